The second-order valence-corrected chi connectivity index (χ2v) is 5.59. The van der Waals surface area contributed by atoms with Crippen molar-refractivity contribution in [3.63, 3.8) is 0 Å². The van der Waals surface area contributed by atoms with Crippen LogP contribution in [0, 0.1) is 16.0 Å². The molecule has 1 rings (SSSR count). The summed E-state index contributed by atoms with van der Waals surface area (Å²) in [6, 6.07) is 4.74. The Balaban J connectivity index is 2.51. The molecular weight excluding hydrogens is 328 g/mol. The molecule has 0 fully saturated rings. The molecule has 0 bridgehead atoms. The Kier molecular flexibility index (Phi) is 6.44. The molecule has 0 spiro atoms. The number of nitro benzene ring substituents is 1. The number of benzene rings is 1. The van der Waals surface area contributed by atoms with Crippen molar-refractivity contribution < 1.29 is 14.8 Å². The van der Waals surface area contributed by atoms with Crippen LogP contribution in [-0.2, 0) is 4.79 Å². The average Bonchev–Trinajstić information content (AvgIpc) is 2.36. The van der Waals surface area contributed by atoms with Gasteiger partial charge in [0.1, 0.15) is 5.69 Å². The average molecular weight is 345 g/mol. The first-order valence-electron chi connectivity index (χ1n) is 6.29. The molecule has 0 aromatic heterocycles. The Morgan fingerprint density at radius 1 is 1.50 bits per heavy atom. The van der Waals surface area contributed by atoms with Crippen LogP contribution >= 0.6 is 15.9 Å². The predicted octanol–water partition coefficient (Wildman–Crippen LogP) is 3.66. The van der Waals surface area contributed by atoms with E-state index in [9.17, 15) is 14.9 Å². The van der Waals surface area contributed by atoms with Crippen LogP contribution in [0.5, 0.6) is 0 Å². The highest BCUT2D eigenvalue weighted by molar-refractivity contribution is 9.10. The molecule has 0 amide bonds. The number of hydrogen-bond acceptors (Lipinski definition) is 4. The number of nitrogens with zero attached hydrogens (tertiary/aromatic N) is 1. The summed E-state index contributed by atoms with van der Waals surface area (Å²) in [4.78, 5) is 20.9. The lowest BCUT2D eigenvalue weighted by Crippen LogP contribution is -2.09. The Bertz CT molecular complexity index is 493. The highest BCUT2D eigenvalue weighted by atomic mass is 79.9. The van der Waals surface area contributed by atoms with Gasteiger partial charge in [-0.05, 0) is 30.9 Å². The van der Waals surface area contributed by atoms with Gasteiger partial charge in [0.15, 0.2) is 0 Å². The minimum atomic E-state index is -0.799. The number of nitro groups is 1. The Labute approximate surface area is 125 Å². The third-order valence-corrected chi connectivity index (χ3v) is 3.45. The van der Waals surface area contributed by atoms with Crippen molar-refractivity contribution in [2.75, 3.05) is 11.9 Å². The summed E-state index contributed by atoms with van der Waals surface area (Å²) >= 11 is 3.28. The van der Waals surface area contributed by atoms with Gasteiger partial charge in [0.2, 0.25) is 0 Å². The molecule has 1 aromatic rings. The molecule has 7 heteroatoms. The van der Waals surface area contributed by atoms with Crippen LogP contribution in [0.1, 0.15) is 26.2 Å². The number of hydrogen-bond donors (Lipinski definition) is 2. The standard InChI is InChI=1S/C13H17BrN2O4/c1-9(2-5-13(17)18)6-7-15-11-8-10(14)3-4-12(11)16(19)20/h3-4,8-9,15H,2,5-7H2,1H3,(H,17,18). The van der Waals surface area contributed by atoms with E-state index in [0.717, 1.165) is 10.9 Å². The highest BCUT2D eigenvalue weighted by Crippen LogP contribution is 2.28. The van der Waals surface area contributed by atoms with E-state index in [0.29, 0.717) is 18.7 Å². The first-order valence-corrected chi connectivity index (χ1v) is 7.09. The summed E-state index contributed by atoms with van der Waals surface area (Å²) in [5, 5.41) is 22.5. The van der Waals surface area contributed by atoms with Gasteiger partial charge in [0.05, 0.1) is 4.92 Å². The molecule has 0 heterocycles. The van der Waals surface area contributed by atoms with Crippen LogP contribution in [0.4, 0.5) is 11.4 Å². The zero-order valence-corrected chi connectivity index (χ0v) is 12.7. The van der Waals surface area contributed by atoms with Crippen molar-refractivity contribution in [1.29, 1.82) is 0 Å². The van der Waals surface area contributed by atoms with E-state index in [1.807, 2.05) is 6.92 Å². The summed E-state index contributed by atoms with van der Waals surface area (Å²) in [5.74, 6) is -0.544. The van der Waals surface area contributed by atoms with Gasteiger partial charge in [-0.15, -0.1) is 0 Å². The zero-order chi connectivity index (χ0) is 15.1. The normalized spacial score (nSPS) is 11.9. The fraction of sp³-hybridized carbons (Fsp3) is 0.462. The van der Waals surface area contributed by atoms with Gasteiger partial charge in [-0.3, -0.25) is 14.9 Å². The molecule has 0 saturated carbocycles. The fourth-order valence-electron chi connectivity index (χ4n) is 1.78. The summed E-state index contributed by atoms with van der Waals surface area (Å²) in [6.45, 7) is 2.54. The third kappa shape index (κ3) is 5.56. The fourth-order valence-corrected chi connectivity index (χ4v) is 2.14. The Morgan fingerprint density at radius 2 is 2.20 bits per heavy atom. The predicted molar refractivity (Wildman–Crippen MR) is 79.9 cm³/mol. The first-order chi connectivity index (χ1) is 9.40. The van der Waals surface area contributed by atoms with Gasteiger partial charge in [0, 0.05) is 23.5 Å². The molecule has 6 nitrogen and oxygen atoms in total. The van der Waals surface area contributed by atoms with Gasteiger partial charge in [-0.25, -0.2) is 0 Å². The van der Waals surface area contributed by atoms with Gasteiger partial charge < -0.3 is 10.4 Å². The maximum Gasteiger partial charge on any atom is 0.303 e. The smallest absolute Gasteiger partial charge is 0.303 e. The van der Waals surface area contributed by atoms with Gasteiger partial charge in [0.25, 0.3) is 5.69 Å². The van der Waals surface area contributed by atoms with E-state index >= 15 is 0 Å². The first kappa shape index (κ1) is 16.4. The SMILES string of the molecule is CC(CCNc1cc(Br)ccc1[N+](=O)[O-])CCC(=O)O. The number of carboxylic acid groups (broad SMARTS) is 1. The molecule has 1 aromatic carbocycles. The second kappa shape index (κ2) is 7.84. The maximum atomic E-state index is 10.9. The molecule has 0 saturated heterocycles. The highest BCUT2D eigenvalue weighted by Gasteiger charge is 2.13. The van der Waals surface area contributed by atoms with Crippen molar-refractivity contribution in [2.24, 2.45) is 5.92 Å². The number of nitrogens with one attached hydrogen (secondary N) is 1. The van der Waals surface area contributed by atoms with E-state index in [-0.39, 0.29) is 18.0 Å². The number of carboxylic acids is 1. The molecular formula is C13H17BrN2O4. The van der Waals surface area contributed by atoms with E-state index in [1.165, 1.54) is 6.07 Å². The van der Waals surface area contributed by atoms with E-state index < -0.39 is 10.9 Å². The lowest BCUT2D eigenvalue weighted by atomic mass is 10.0. The summed E-state index contributed by atoms with van der Waals surface area (Å²) in [5.41, 5.74) is 0.501. The van der Waals surface area contributed by atoms with Gasteiger partial charge >= 0.3 is 5.97 Å². The van der Waals surface area contributed by atoms with Crippen LogP contribution in [0.2, 0.25) is 0 Å². The van der Waals surface area contributed by atoms with E-state index in [2.05, 4.69) is 21.2 Å². The van der Waals surface area contributed by atoms with Crippen molar-refractivity contribution in [3.05, 3.63) is 32.8 Å². The summed E-state index contributed by atoms with van der Waals surface area (Å²) < 4.78 is 0.768. The van der Waals surface area contributed by atoms with Gasteiger partial charge in [-0.1, -0.05) is 22.9 Å². The van der Waals surface area contributed by atoms with E-state index in [1.54, 1.807) is 12.1 Å². The lowest BCUT2D eigenvalue weighted by Gasteiger charge is -2.12. The van der Waals surface area contributed by atoms with Crippen molar-refractivity contribution >= 4 is 33.3 Å². The number of rotatable bonds is 8. The quantitative estimate of drug-likeness (QED) is 0.554. The van der Waals surface area contributed by atoms with Crippen molar-refractivity contribution in [3.8, 4) is 0 Å². The topological polar surface area (TPSA) is 92.5 Å². The third-order valence-electron chi connectivity index (χ3n) is 2.96. The Morgan fingerprint density at radius 3 is 2.80 bits per heavy atom. The zero-order valence-electron chi connectivity index (χ0n) is 11.1. The Hall–Kier alpha value is -1.63. The van der Waals surface area contributed by atoms with Crippen LogP contribution in [0.15, 0.2) is 22.7 Å². The molecule has 0 aliphatic heterocycles. The molecule has 0 aliphatic rings. The number of halogens is 1. The molecule has 110 valence electrons. The molecule has 0 aliphatic carbocycles. The lowest BCUT2D eigenvalue weighted by molar-refractivity contribution is -0.384. The summed E-state index contributed by atoms with van der Waals surface area (Å²) in [7, 11) is 0. The molecule has 0 radical (unpaired) electrons. The minimum absolute atomic E-state index is 0.0337. The maximum absolute atomic E-state index is 10.9. The number of aliphatic carboxylic acids is 1. The molecule has 1 atom stereocenters. The van der Waals surface area contributed by atoms with Crippen LogP contribution in [0.25, 0.3) is 0 Å². The monoisotopic (exact) mass is 344 g/mol. The molecule has 1 unspecified atom stereocenters. The second-order valence-electron chi connectivity index (χ2n) is 4.67. The molecule has 2 N–H and O–H groups in total. The number of anilines is 1. The van der Waals surface area contributed by atoms with E-state index in [4.69, 9.17) is 5.11 Å². The van der Waals surface area contributed by atoms with Gasteiger partial charge in [-0.2, -0.15) is 0 Å². The summed E-state index contributed by atoms with van der Waals surface area (Å²) in [6.07, 6.45) is 1.52. The van der Waals surface area contributed by atoms with Crippen molar-refractivity contribution in [1.82, 2.24) is 0 Å². The van der Waals surface area contributed by atoms with Crippen LogP contribution < -0.4 is 5.32 Å². The number of carbonyl (C=O) groups is 1. The minimum Gasteiger partial charge on any atom is -0.481 e. The largest absolute Gasteiger partial charge is 0.481 e. The van der Waals surface area contributed by atoms with Crippen LogP contribution in [-0.4, -0.2) is 22.5 Å². The van der Waals surface area contributed by atoms with Crippen molar-refractivity contribution in [2.45, 2.75) is 26.2 Å². The molecule has 20 heavy (non-hydrogen) atoms. The van der Waals surface area contributed by atoms with Crippen LogP contribution in [0.3, 0.4) is 0 Å².